The largest absolute Gasteiger partial charge is 0.383 e. The Morgan fingerprint density at radius 1 is 1.61 bits per heavy atom. The average molecular weight is 271 g/mol. The summed E-state index contributed by atoms with van der Waals surface area (Å²) in [6, 6.07) is 1.62. The van der Waals surface area contributed by atoms with Crippen LogP contribution in [0.15, 0.2) is 12.3 Å². The fourth-order valence-electron chi connectivity index (χ4n) is 2.20. The lowest BCUT2D eigenvalue weighted by molar-refractivity contribution is 0.0186. The monoisotopic (exact) mass is 270 g/mol. The van der Waals surface area contributed by atoms with Crippen molar-refractivity contribution in [3.8, 4) is 0 Å². The highest BCUT2D eigenvalue weighted by Crippen LogP contribution is 2.40. The Morgan fingerprint density at radius 2 is 2.33 bits per heavy atom. The standard InChI is InChI=1S/C12H19ClN4O/c1-2-18-11(7-3-4-7)10(17-15)9-5-8(13)6-16-12(9)14/h5-7,10-11,17H,2-4,15H2,1H3,(H2,14,16). The number of aromatic nitrogens is 1. The Kier molecular flexibility index (Phi) is 4.40. The number of nitrogens with two attached hydrogens (primary N) is 2. The first-order chi connectivity index (χ1) is 8.67. The highest BCUT2D eigenvalue weighted by molar-refractivity contribution is 6.30. The first-order valence-electron chi connectivity index (χ1n) is 6.16. The Hall–Kier alpha value is -0.880. The molecule has 0 aromatic carbocycles. The lowest BCUT2D eigenvalue weighted by atomic mass is 9.99. The van der Waals surface area contributed by atoms with Gasteiger partial charge in [0.1, 0.15) is 5.82 Å². The molecule has 0 amide bonds. The van der Waals surface area contributed by atoms with E-state index in [0.717, 1.165) is 18.4 Å². The Labute approximate surface area is 112 Å². The lowest BCUT2D eigenvalue weighted by Crippen LogP contribution is -2.39. The molecule has 18 heavy (non-hydrogen) atoms. The Bertz CT molecular complexity index is 411. The molecule has 0 radical (unpaired) electrons. The summed E-state index contributed by atoms with van der Waals surface area (Å²) < 4.78 is 5.80. The van der Waals surface area contributed by atoms with Crippen LogP contribution in [0.2, 0.25) is 5.02 Å². The van der Waals surface area contributed by atoms with Gasteiger partial charge in [0.2, 0.25) is 0 Å². The van der Waals surface area contributed by atoms with Crippen LogP contribution in [0.3, 0.4) is 0 Å². The maximum atomic E-state index is 5.97. The van der Waals surface area contributed by atoms with Crippen LogP contribution in [0.4, 0.5) is 5.82 Å². The van der Waals surface area contributed by atoms with Crippen LogP contribution in [0, 0.1) is 5.92 Å². The molecule has 1 aliphatic carbocycles. The van der Waals surface area contributed by atoms with Gasteiger partial charge in [-0.2, -0.15) is 0 Å². The van der Waals surface area contributed by atoms with E-state index in [4.69, 9.17) is 27.9 Å². The van der Waals surface area contributed by atoms with Crippen molar-refractivity contribution in [2.45, 2.75) is 31.9 Å². The van der Waals surface area contributed by atoms with Gasteiger partial charge in [-0.3, -0.25) is 11.3 Å². The van der Waals surface area contributed by atoms with Crippen molar-refractivity contribution in [2.75, 3.05) is 12.3 Å². The first-order valence-corrected chi connectivity index (χ1v) is 6.53. The minimum absolute atomic E-state index is 0.0163. The molecule has 2 atom stereocenters. The third kappa shape index (κ3) is 2.92. The van der Waals surface area contributed by atoms with Crippen molar-refractivity contribution < 1.29 is 4.74 Å². The summed E-state index contributed by atoms with van der Waals surface area (Å²) in [5.74, 6) is 6.63. The van der Waals surface area contributed by atoms with E-state index in [-0.39, 0.29) is 12.1 Å². The molecule has 0 bridgehead atoms. The molecule has 5 nitrogen and oxygen atoms in total. The zero-order chi connectivity index (χ0) is 13.1. The molecule has 1 aromatic heterocycles. The molecule has 1 saturated carbocycles. The number of anilines is 1. The number of hydrazine groups is 1. The molecule has 100 valence electrons. The van der Waals surface area contributed by atoms with Crippen molar-refractivity contribution >= 4 is 17.4 Å². The molecular formula is C12H19ClN4O. The van der Waals surface area contributed by atoms with Crippen molar-refractivity contribution in [1.82, 2.24) is 10.4 Å². The maximum absolute atomic E-state index is 5.97. The third-order valence-electron chi connectivity index (χ3n) is 3.21. The SMILES string of the molecule is CCOC(C1CC1)C(NN)c1cc(Cl)cnc1N. The summed E-state index contributed by atoms with van der Waals surface area (Å²) in [5.41, 5.74) is 9.49. The number of halogens is 1. The molecule has 1 heterocycles. The summed E-state index contributed by atoms with van der Waals surface area (Å²) in [7, 11) is 0. The van der Waals surface area contributed by atoms with E-state index in [1.807, 2.05) is 6.92 Å². The summed E-state index contributed by atoms with van der Waals surface area (Å²) in [6.45, 7) is 2.62. The van der Waals surface area contributed by atoms with Gasteiger partial charge in [0.25, 0.3) is 0 Å². The zero-order valence-electron chi connectivity index (χ0n) is 10.4. The van der Waals surface area contributed by atoms with Crippen molar-refractivity contribution in [3.05, 3.63) is 22.8 Å². The molecule has 1 aromatic rings. The van der Waals surface area contributed by atoms with E-state index in [1.165, 1.54) is 6.20 Å². The second-order valence-electron chi connectivity index (χ2n) is 4.53. The summed E-state index contributed by atoms with van der Waals surface area (Å²) in [5, 5.41) is 0.547. The predicted octanol–water partition coefficient (Wildman–Crippen LogP) is 1.64. The number of nitrogens with zero attached hydrogens (tertiary/aromatic N) is 1. The number of rotatable bonds is 6. The van der Waals surface area contributed by atoms with Crippen LogP contribution in [0.5, 0.6) is 0 Å². The number of pyridine rings is 1. The van der Waals surface area contributed by atoms with Gasteiger partial charge in [-0.1, -0.05) is 11.6 Å². The molecule has 5 N–H and O–H groups in total. The topological polar surface area (TPSA) is 86.2 Å². The second kappa shape index (κ2) is 5.84. The zero-order valence-corrected chi connectivity index (χ0v) is 11.2. The lowest BCUT2D eigenvalue weighted by Gasteiger charge is -2.27. The van der Waals surface area contributed by atoms with Crippen LogP contribution < -0.4 is 17.0 Å². The quantitative estimate of drug-likeness (QED) is 0.540. The normalized spacial score (nSPS) is 18.6. The van der Waals surface area contributed by atoms with Gasteiger partial charge in [0, 0.05) is 18.4 Å². The minimum Gasteiger partial charge on any atom is -0.383 e. The Morgan fingerprint density at radius 3 is 2.89 bits per heavy atom. The van der Waals surface area contributed by atoms with E-state index < -0.39 is 0 Å². The molecule has 2 unspecified atom stereocenters. The number of nitrogen functional groups attached to an aromatic ring is 1. The highest BCUT2D eigenvalue weighted by Gasteiger charge is 2.38. The fourth-order valence-corrected chi connectivity index (χ4v) is 2.36. The van der Waals surface area contributed by atoms with Gasteiger partial charge in [-0.15, -0.1) is 0 Å². The number of ether oxygens (including phenoxy) is 1. The van der Waals surface area contributed by atoms with Gasteiger partial charge < -0.3 is 10.5 Å². The predicted molar refractivity (Wildman–Crippen MR) is 71.9 cm³/mol. The van der Waals surface area contributed by atoms with Crippen molar-refractivity contribution in [1.29, 1.82) is 0 Å². The van der Waals surface area contributed by atoms with E-state index in [1.54, 1.807) is 6.07 Å². The maximum Gasteiger partial charge on any atom is 0.128 e. The number of hydrogen-bond acceptors (Lipinski definition) is 5. The Balaban J connectivity index is 2.27. The fraction of sp³-hybridized carbons (Fsp3) is 0.583. The average Bonchev–Trinajstić information content (AvgIpc) is 3.17. The molecule has 1 fully saturated rings. The summed E-state index contributed by atoms with van der Waals surface area (Å²) >= 11 is 5.97. The van der Waals surface area contributed by atoms with Gasteiger partial charge in [0.15, 0.2) is 0 Å². The second-order valence-corrected chi connectivity index (χ2v) is 4.97. The van der Waals surface area contributed by atoms with Crippen LogP contribution in [0.1, 0.15) is 31.4 Å². The van der Waals surface area contributed by atoms with Gasteiger partial charge in [-0.05, 0) is 31.7 Å². The summed E-state index contributed by atoms with van der Waals surface area (Å²) in [4.78, 5) is 4.06. The van der Waals surface area contributed by atoms with Crippen LogP contribution in [-0.4, -0.2) is 17.7 Å². The van der Waals surface area contributed by atoms with Crippen molar-refractivity contribution in [2.24, 2.45) is 11.8 Å². The van der Waals surface area contributed by atoms with E-state index in [2.05, 4.69) is 10.4 Å². The molecular weight excluding hydrogens is 252 g/mol. The first kappa shape index (κ1) is 13.5. The minimum atomic E-state index is -0.177. The highest BCUT2D eigenvalue weighted by atomic mass is 35.5. The van der Waals surface area contributed by atoms with Gasteiger partial charge in [-0.25, -0.2) is 4.98 Å². The van der Waals surface area contributed by atoms with Crippen molar-refractivity contribution in [3.63, 3.8) is 0 Å². The number of nitrogens with one attached hydrogen (secondary N) is 1. The molecule has 0 spiro atoms. The molecule has 0 aliphatic heterocycles. The molecule has 2 rings (SSSR count). The van der Waals surface area contributed by atoms with Gasteiger partial charge in [0.05, 0.1) is 17.2 Å². The van der Waals surface area contributed by atoms with Crippen LogP contribution in [0.25, 0.3) is 0 Å². The van der Waals surface area contributed by atoms with E-state index in [9.17, 15) is 0 Å². The molecule has 1 aliphatic rings. The van der Waals surface area contributed by atoms with Crippen LogP contribution >= 0.6 is 11.6 Å². The smallest absolute Gasteiger partial charge is 0.128 e. The molecule has 0 saturated heterocycles. The van der Waals surface area contributed by atoms with E-state index >= 15 is 0 Å². The van der Waals surface area contributed by atoms with E-state index in [0.29, 0.717) is 23.4 Å². The third-order valence-corrected chi connectivity index (χ3v) is 3.41. The molecule has 6 heteroatoms. The van der Waals surface area contributed by atoms with Crippen LogP contribution in [-0.2, 0) is 4.74 Å². The van der Waals surface area contributed by atoms with Gasteiger partial charge >= 0.3 is 0 Å². The number of hydrogen-bond donors (Lipinski definition) is 3. The summed E-state index contributed by atoms with van der Waals surface area (Å²) in [6.07, 6.45) is 3.87.